The molecular weight excluding hydrogens is 238 g/mol. The molecule has 0 aromatic heterocycles. The van der Waals surface area contributed by atoms with Crippen molar-refractivity contribution in [3.8, 4) is 5.75 Å². The number of methoxy groups -OCH3 is 1. The van der Waals surface area contributed by atoms with Gasteiger partial charge in [-0.3, -0.25) is 4.79 Å². The highest BCUT2D eigenvalue weighted by atomic mass is 16.5. The van der Waals surface area contributed by atoms with Crippen LogP contribution >= 0.6 is 0 Å². The number of rotatable bonds is 5. The monoisotopic (exact) mass is 261 g/mol. The summed E-state index contributed by atoms with van der Waals surface area (Å²) in [5.74, 6) is 1.24. The van der Waals surface area contributed by atoms with Gasteiger partial charge in [0.2, 0.25) is 0 Å². The zero-order chi connectivity index (χ0) is 14.0. The summed E-state index contributed by atoms with van der Waals surface area (Å²) >= 11 is 0. The van der Waals surface area contributed by atoms with Crippen molar-refractivity contribution in [1.29, 1.82) is 0 Å². The normalized spacial score (nSPS) is 17.1. The summed E-state index contributed by atoms with van der Waals surface area (Å²) in [6.45, 7) is 4.69. The molecule has 1 aliphatic rings. The zero-order valence-corrected chi connectivity index (χ0v) is 12.0. The van der Waals surface area contributed by atoms with Crippen LogP contribution in [0.5, 0.6) is 5.75 Å². The Morgan fingerprint density at radius 1 is 1.42 bits per heavy atom. The lowest BCUT2D eigenvalue weighted by Gasteiger charge is -2.39. The fraction of sp³-hybridized carbons (Fsp3) is 0.562. The van der Waals surface area contributed by atoms with E-state index in [0.29, 0.717) is 23.8 Å². The summed E-state index contributed by atoms with van der Waals surface area (Å²) in [5.41, 5.74) is 7.34. The molecular formula is C16H23NO2. The minimum absolute atomic E-state index is 0.147. The van der Waals surface area contributed by atoms with Crippen molar-refractivity contribution in [2.45, 2.75) is 39.0 Å². The third-order valence-electron chi connectivity index (χ3n) is 4.32. The van der Waals surface area contributed by atoms with Gasteiger partial charge < -0.3 is 10.5 Å². The first-order valence-electron chi connectivity index (χ1n) is 6.97. The first-order valence-corrected chi connectivity index (χ1v) is 6.97. The van der Waals surface area contributed by atoms with Crippen LogP contribution in [0.4, 0.5) is 0 Å². The summed E-state index contributed by atoms with van der Waals surface area (Å²) in [5, 5.41) is 0. The Labute approximate surface area is 115 Å². The minimum Gasteiger partial charge on any atom is -0.496 e. The number of carbonyl (C=O) groups is 1. The van der Waals surface area contributed by atoms with Crippen LogP contribution in [0.3, 0.4) is 0 Å². The van der Waals surface area contributed by atoms with Gasteiger partial charge >= 0.3 is 0 Å². The molecule has 3 heteroatoms. The van der Waals surface area contributed by atoms with Crippen LogP contribution < -0.4 is 10.5 Å². The Morgan fingerprint density at radius 3 is 2.53 bits per heavy atom. The van der Waals surface area contributed by atoms with E-state index in [-0.39, 0.29) is 11.2 Å². The Morgan fingerprint density at radius 2 is 2.11 bits per heavy atom. The van der Waals surface area contributed by atoms with E-state index in [1.54, 1.807) is 7.11 Å². The van der Waals surface area contributed by atoms with Gasteiger partial charge in [0.05, 0.1) is 12.7 Å². The largest absolute Gasteiger partial charge is 0.496 e. The van der Waals surface area contributed by atoms with Gasteiger partial charge in [0, 0.05) is 12.0 Å². The number of nitrogens with two attached hydrogens (primary N) is 1. The number of ketones is 1. The first-order chi connectivity index (χ1) is 9.04. The molecule has 1 aliphatic carbocycles. The maximum absolute atomic E-state index is 12.7. The number of hydrogen-bond donors (Lipinski definition) is 1. The quantitative estimate of drug-likeness (QED) is 0.828. The second kappa shape index (κ2) is 5.33. The minimum atomic E-state index is -0.341. The SMILES string of the molecule is COc1cc(C(C)C)ccc1C(=O)C1(CN)CCC1. The molecule has 2 N–H and O–H groups in total. The highest BCUT2D eigenvalue weighted by Gasteiger charge is 2.43. The molecule has 3 nitrogen and oxygen atoms in total. The Bertz CT molecular complexity index is 470. The Hall–Kier alpha value is -1.35. The number of carbonyl (C=O) groups excluding carboxylic acids is 1. The molecule has 0 bridgehead atoms. The number of Topliss-reactive ketones (excluding diaryl/α,β-unsaturated/α-hetero) is 1. The van der Waals surface area contributed by atoms with Gasteiger partial charge in [-0.2, -0.15) is 0 Å². The molecule has 2 rings (SSSR count). The maximum atomic E-state index is 12.7. The Kier molecular flexibility index (Phi) is 3.95. The van der Waals surface area contributed by atoms with E-state index < -0.39 is 0 Å². The van der Waals surface area contributed by atoms with Crippen LogP contribution in [0.2, 0.25) is 0 Å². The van der Waals surface area contributed by atoms with Gasteiger partial charge in [-0.05, 0) is 36.5 Å². The van der Waals surface area contributed by atoms with Crippen LogP contribution in [0.1, 0.15) is 54.9 Å². The van der Waals surface area contributed by atoms with E-state index in [2.05, 4.69) is 13.8 Å². The van der Waals surface area contributed by atoms with E-state index in [1.165, 1.54) is 5.56 Å². The zero-order valence-electron chi connectivity index (χ0n) is 12.0. The molecule has 0 atom stereocenters. The van der Waals surface area contributed by atoms with Gasteiger partial charge in [0.1, 0.15) is 5.75 Å². The lowest BCUT2D eigenvalue weighted by atomic mass is 9.64. The molecule has 1 saturated carbocycles. The van der Waals surface area contributed by atoms with Gasteiger partial charge in [0.15, 0.2) is 5.78 Å². The Balaban J connectivity index is 2.36. The van der Waals surface area contributed by atoms with Crippen molar-refractivity contribution in [2.75, 3.05) is 13.7 Å². The fourth-order valence-electron chi connectivity index (χ4n) is 2.67. The average molecular weight is 261 g/mol. The van der Waals surface area contributed by atoms with Gasteiger partial charge in [0.25, 0.3) is 0 Å². The predicted molar refractivity (Wildman–Crippen MR) is 76.8 cm³/mol. The summed E-state index contributed by atoms with van der Waals surface area (Å²) in [6.07, 6.45) is 2.89. The van der Waals surface area contributed by atoms with Gasteiger partial charge in [-0.1, -0.05) is 26.3 Å². The van der Waals surface area contributed by atoms with E-state index in [1.807, 2.05) is 18.2 Å². The highest BCUT2D eigenvalue weighted by molar-refractivity contribution is 6.03. The van der Waals surface area contributed by atoms with Crippen LogP contribution in [0, 0.1) is 5.41 Å². The van der Waals surface area contributed by atoms with Crippen molar-refractivity contribution in [1.82, 2.24) is 0 Å². The molecule has 0 unspecified atom stereocenters. The van der Waals surface area contributed by atoms with Crippen LogP contribution in [0.25, 0.3) is 0 Å². The molecule has 1 fully saturated rings. The molecule has 1 aromatic rings. The molecule has 0 spiro atoms. The van der Waals surface area contributed by atoms with Crippen molar-refractivity contribution in [2.24, 2.45) is 11.1 Å². The summed E-state index contributed by atoms with van der Waals surface area (Å²) in [6, 6.07) is 5.89. The van der Waals surface area contributed by atoms with E-state index in [4.69, 9.17) is 10.5 Å². The molecule has 0 aliphatic heterocycles. The van der Waals surface area contributed by atoms with Crippen LogP contribution in [-0.2, 0) is 0 Å². The standard InChI is InChI=1S/C16H23NO2/c1-11(2)12-5-6-13(14(9-12)19-3)15(18)16(10-17)7-4-8-16/h5-6,9,11H,4,7-8,10,17H2,1-3H3. The maximum Gasteiger partial charge on any atom is 0.173 e. The summed E-state index contributed by atoms with van der Waals surface area (Å²) in [7, 11) is 1.62. The van der Waals surface area contributed by atoms with Crippen molar-refractivity contribution in [3.63, 3.8) is 0 Å². The molecule has 1 aromatic carbocycles. The second-order valence-electron chi connectivity index (χ2n) is 5.78. The fourth-order valence-corrected chi connectivity index (χ4v) is 2.67. The number of benzene rings is 1. The van der Waals surface area contributed by atoms with Gasteiger partial charge in [-0.25, -0.2) is 0 Å². The lowest BCUT2D eigenvalue weighted by molar-refractivity contribution is 0.0632. The molecule has 0 heterocycles. The van der Waals surface area contributed by atoms with Crippen molar-refractivity contribution < 1.29 is 9.53 Å². The van der Waals surface area contributed by atoms with E-state index >= 15 is 0 Å². The molecule has 19 heavy (non-hydrogen) atoms. The highest BCUT2D eigenvalue weighted by Crippen LogP contribution is 2.44. The van der Waals surface area contributed by atoms with Gasteiger partial charge in [-0.15, -0.1) is 0 Å². The summed E-state index contributed by atoms with van der Waals surface area (Å²) in [4.78, 5) is 12.7. The predicted octanol–water partition coefficient (Wildman–Crippen LogP) is 3.13. The van der Waals surface area contributed by atoms with Crippen molar-refractivity contribution in [3.05, 3.63) is 29.3 Å². The smallest absolute Gasteiger partial charge is 0.173 e. The number of hydrogen-bond acceptors (Lipinski definition) is 3. The van der Waals surface area contributed by atoms with E-state index in [9.17, 15) is 4.79 Å². The average Bonchev–Trinajstić information content (AvgIpc) is 2.37. The third-order valence-corrected chi connectivity index (χ3v) is 4.32. The second-order valence-corrected chi connectivity index (χ2v) is 5.78. The molecule has 0 amide bonds. The topological polar surface area (TPSA) is 52.3 Å². The van der Waals surface area contributed by atoms with Crippen molar-refractivity contribution >= 4 is 5.78 Å². The van der Waals surface area contributed by atoms with Crippen LogP contribution in [0.15, 0.2) is 18.2 Å². The molecule has 0 radical (unpaired) electrons. The third kappa shape index (κ3) is 2.39. The number of ether oxygens (including phenoxy) is 1. The lowest BCUT2D eigenvalue weighted by Crippen LogP contribution is -2.44. The van der Waals surface area contributed by atoms with Crippen LogP contribution in [-0.4, -0.2) is 19.4 Å². The summed E-state index contributed by atoms with van der Waals surface area (Å²) < 4.78 is 5.40. The first kappa shape index (κ1) is 14.1. The molecule has 0 saturated heterocycles. The molecule has 104 valence electrons. The van der Waals surface area contributed by atoms with E-state index in [0.717, 1.165) is 19.3 Å².